The van der Waals surface area contributed by atoms with Gasteiger partial charge in [-0.3, -0.25) is 4.79 Å². The Morgan fingerprint density at radius 1 is 1.19 bits per heavy atom. The van der Waals surface area contributed by atoms with E-state index in [1.165, 1.54) is 12.1 Å². The molecule has 0 saturated heterocycles. The highest BCUT2D eigenvalue weighted by atomic mass is 19.1. The number of allylic oxidation sites excluding steroid dienone is 1. The van der Waals surface area contributed by atoms with E-state index in [-0.39, 0.29) is 0 Å². The average Bonchev–Trinajstić information content (AvgIpc) is 2.12. The smallest absolute Gasteiger partial charge is 0.328 e. The van der Waals surface area contributed by atoms with Crippen LogP contribution in [0.3, 0.4) is 0 Å². The van der Waals surface area contributed by atoms with Gasteiger partial charge in [0.15, 0.2) is 5.78 Å². The van der Waals surface area contributed by atoms with E-state index in [1.54, 1.807) is 13.8 Å². The van der Waals surface area contributed by atoms with Crippen LogP contribution in [0.4, 0.5) is 4.39 Å². The second-order valence-corrected chi connectivity index (χ2v) is 3.45. The molecular formula is C12H11FO3. The summed E-state index contributed by atoms with van der Waals surface area (Å²) < 4.78 is 13.0. The van der Waals surface area contributed by atoms with Crippen LogP contribution in [0.5, 0.6) is 0 Å². The Hall–Kier alpha value is -1.97. The predicted molar refractivity (Wildman–Crippen MR) is 57.0 cm³/mol. The van der Waals surface area contributed by atoms with Crippen molar-refractivity contribution in [2.24, 2.45) is 0 Å². The molecule has 0 saturated carbocycles. The third-order valence-corrected chi connectivity index (χ3v) is 2.12. The van der Waals surface area contributed by atoms with Crippen molar-refractivity contribution in [1.29, 1.82) is 0 Å². The summed E-state index contributed by atoms with van der Waals surface area (Å²) in [5, 5.41) is 8.39. The summed E-state index contributed by atoms with van der Waals surface area (Å²) in [5.74, 6) is -2.03. The van der Waals surface area contributed by atoms with Crippen LogP contribution < -0.4 is 0 Å². The zero-order valence-corrected chi connectivity index (χ0v) is 8.95. The van der Waals surface area contributed by atoms with Crippen molar-refractivity contribution in [1.82, 2.24) is 0 Å². The fourth-order valence-corrected chi connectivity index (χ4v) is 1.53. The molecule has 1 aromatic carbocycles. The second kappa shape index (κ2) is 4.70. The van der Waals surface area contributed by atoms with Gasteiger partial charge >= 0.3 is 5.97 Å². The minimum absolute atomic E-state index is 0.346. The quantitative estimate of drug-likeness (QED) is 0.630. The molecule has 0 unspecified atom stereocenters. The number of hydrogen-bond donors (Lipinski definition) is 1. The third kappa shape index (κ3) is 2.76. The molecule has 0 aliphatic rings. The SMILES string of the molecule is Cc1cc(F)cc(C)c1C(=O)/C=C/C(=O)O. The monoisotopic (exact) mass is 222 g/mol. The van der Waals surface area contributed by atoms with Gasteiger partial charge in [-0.25, -0.2) is 9.18 Å². The van der Waals surface area contributed by atoms with Crippen molar-refractivity contribution in [3.8, 4) is 0 Å². The Bertz CT molecular complexity index is 452. The lowest BCUT2D eigenvalue weighted by atomic mass is 9.98. The summed E-state index contributed by atoms with van der Waals surface area (Å²) >= 11 is 0. The number of carbonyl (C=O) groups is 2. The van der Waals surface area contributed by atoms with Crippen LogP contribution in [0.25, 0.3) is 0 Å². The van der Waals surface area contributed by atoms with Gasteiger partial charge in [0.2, 0.25) is 0 Å². The Labute approximate surface area is 92.2 Å². The van der Waals surface area contributed by atoms with Crippen LogP contribution in [-0.4, -0.2) is 16.9 Å². The van der Waals surface area contributed by atoms with E-state index in [0.29, 0.717) is 16.7 Å². The van der Waals surface area contributed by atoms with E-state index >= 15 is 0 Å². The molecule has 0 aliphatic carbocycles. The molecule has 1 aromatic rings. The molecule has 84 valence electrons. The van der Waals surface area contributed by atoms with Crippen LogP contribution in [0, 0.1) is 19.7 Å². The highest BCUT2D eigenvalue weighted by Gasteiger charge is 2.11. The predicted octanol–water partition coefficient (Wildman–Crippen LogP) is 2.27. The molecule has 0 amide bonds. The minimum Gasteiger partial charge on any atom is -0.478 e. The molecule has 1 N–H and O–H groups in total. The van der Waals surface area contributed by atoms with Gasteiger partial charge in [-0.15, -0.1) is 0 Å². The van der Waals surface area contributed by atoms with Crippen molar-refractivity contribution in [3.05, 3.63) is 46.8 Å². The number of carbonyl (C=O) groups excluding carboxylic acids is 1. The average molecular weight is 222 g/mol. The molecule has 16 heavy (non-hydrogen) atoms. The van der Waals surface area contributed by atoms with Gasteiger partial charge < -0.3 is 5.11 Å². The summed E-state index contributed by atoms with van der Waals surface area (Å²) in [6.07, 6.45) is 1.74. The molecule has 4 heteroatoms. The van der Waals surface area contributed by atoms with Crippen molar-refractivity contribution in [2.75, 3.05) is 0 Å². The Kier molecular flexibility index (Phi) is 3.55. The fraction of sp³-hybridized carbons (Fsp3) is 0.167. The van der Waals surface area contributed by atoms with E-state index in [4.69, 9.17) is 5.11 Å². The van der Waals surface area contributed by atoms with Gasteiger partial charge in [-0.1, -0.05) is 0 Å². The van der Waals surface area contributed by atoms with Gasteiger partial charge in [0, 0.05) is 11.6 Å². The summed E-state index contributed by atoms with van der Waals surface area (Å²) in [6, 6.07) is 2.49. The number of carboxylic acid groups (broad SMARTS) is 1. The number of aryl methyl sites for hydroxylation is 2. The summed E-state index contributed by atoms with van der Waals surface area (Å²) in [7, 11) is 0. The van der Waals surface area contributed by atoms with Crippen molar-refractivity contribution >= 4 is 11.8 Å². The summed E-state index contributed by atoms with van der Waals surface area (Å²) in [6.45, 7) is 3.22. The highest BCUT2D eigenvalue weighted by Crippen LogP contribution is 2.16. The van der Waals surface area contributed by atoms with Gasteiger partial charge in [0.1, 0.15) is 5.82 Å². The topological polar surface area (TPSA) is 54.4 Å². The molecule has 1 rings (SSSR count). The largest absolute Gasteiger partial charge is 0.478 e. The molecule has 0 spiro atoms. The summed E-state index contributed by atoms with van der Waals surface area (Å²) in [4.78, 5) is 21.9. The van der Waals surface area contributed by atoms with E-state index in [1.807, 2.05) is 0 Å². The molecule has 0 bridgehead atoms. The third-order valence-electron chi connectivity index (χ3n) is 2.12. The second-order valence-electron chi connectivity index (χ2n) is 3.45. The number of hydrogen-bond acceptors (Lipinski definition) is 2. The number of benzene rings is 1. The maximum atomic E-state index is 13.0. The molecule has 0 atom stereocenters. The maximum absolute atomic E-state index is 13.0. The Morgan fingerprint density at radius 2 is 1.69 bits per heavy atom. The van der Waals surface area contributed by atoms with Crippen molar-refractivity contribution in [3.63, 3.8) is 0 Å². The number of rotatable bonds is 3. The standard InChI is InChI=1S/C12H11FO3/c1-7-5-9(13)6-8(2)12(7)10(14)3-4-11(15)16/h3-6H,1-2H3,(H,15,16)/b4-3+. The molecule has 0 heterocycles. The summed E-state index contributed by atoms with van der Waals surface area (Å²) in [5.41, 5.74) is 1.34. The van der Waals surface area contributed by atoms with Crippen LogP contribution in [0.15, 0.2) is 24.3 Å². The van der Waals surface area contributed by atoms with Gasteiger partial charge in [0.05, 0.1) is 0 Å². The van der Waals surface area contributed by atoms with Crippen LogP contribution in [0.1, 0.15) is 21.5 Å². The Morgan fingerprint density at radius 3 is 2.12 bits per heavy atom. The number of halogens is 1. The normalized spacial score (nSPS) is 10.7. The Balaban J connectivity index is 3.14. The van der Waals surface area contributed by atoms with Crippen LogP contribution in [-0.2, 0) is 4.79 Å². The molecule has 0 aromatic heterocycles. The minimum atomic E-state index is -1.19. The molecule has 0 radical (unpaired) electrons. The molecule has 3 nitrogen and oxygen atoms in total. The van der Waals surface area contributed by atoms with Crippen LogP contribution in [0.2, 0.25) is 0 Å². The molecule has 0 aliphatic heterocycles. The lowest BCUT2D eigenvalue weighted by molar-refractivity contribution is -0.131. The van der Waals surface area contributed by atoms with Gasteiger partial charge in [0.25, 0.3) is 0 Å². The number of ketones is 1. The number of aliphatic carboxylic acids is 1. The first-order chi connectivity index (χ1) is 7.41. The maximum Gasteiger partial charge on any atom is 0.328 e. The zero-order valence-electron chi connectivity index (χ0n) is 8.95. The van der Waals surface area contributed by atoms with E-state index < -0.39 is 17.6 Å². The first kappa shape index (κ1) is 12.1. The lowest BCUT2D eigenvalue weighted by Crippen LogP contribution is -2.03. The van der Waals surface area contributed by atoms with Gasteiger partial charge in [-0.05, 0) is 43.2 Å². The van der Waals surface area contributed by atoms with Crippen molar-refractivity contribution in [2.45, 2.75) is 13.8 Å². The van der Waals surface area contributed by atoms with Gasteiger partial charge in [-0.2, -0.15) is 0 Å². The fourth-order valence-electron chi connectivity index (χ4n) is 1.53. The van der Waals surface area contributed by atoms with Crippen molar-refractivity contribution < 1.29 is 19.1 Å². The number of carboxylic acids is 1. The molecular weight excluding hydrogens is 211 g/mol. The first-order valence-corrected chi connectivity index (χ1v) is 4.64. The lowest BCUT2D eigenvalue weighted by Gasteiger charge is -2.06. The van der Waals surface area contributed by atoms with E-state index in [2.05, 4.69) is 0 Å². The van der Waals surface area contributed by atoms with Crippen LogP contribution >= 0.6 is 0 Å². The zero-order chi connectivity index (χ0) is 12.3. The first-order valence-electron chi connectivity index (χ1n) is 4.64. The molecule has 0 fully saturated rings. The highest BCUT2D eigenvalue weighted by molar-refractivity contribution is 6.08. The van der Waals surface area contributed by atoms with E-state index in [9.17, 15) is 14.0 Å². The van der Waals surface area contributed by atoms with E-state index in [0.717, 1.165) is 12.2 Å².